The summed E-state index contributed by atoms with van der Waals surface area (Å²) in [5, 5.41) is 8.51. The van der Waals surface area contributed by atoms with Gasteiger partial charge in [0.1, 0.15) is 5.75 Å². The molecule has 0 saturated carbocycles. The van der Waals surface area contributed by atoms with Gasteiger partial charge in [-0.15, -0.1) is 5.10 Å². The van der Waals surface area contributed by atoms with Gasteiger partial charge in [-0.2, -0.15) is 10.1 Å². The number of rotatable bonds is 4. The van der Waals surface area contributed by atoms with Crippen molar-refractivity contribution in [2.75, 3.05) is 61.1 Å². The summed E-state index contributed by atoms with van der Waals surface area (Å²) in [5.74, 6) is 3.42. The second-order valence-corrected chi connectivity index (χ2v) is 7.43. The molecule has 1 aromatic heterocycles. The summed E-state index contributed by atoms with van der Waals surface area (Å²) in [6, 6.07) is 8.20. The van der Waals surface area contributed by atoms with E-state index in [0.29, 0.717) is 0 Å². The van der Waals surface area contributed by atoms with Crippen LogP contribution in [0.25, 0.3) is 0 Å². The van der Waals surface area contributed by atoms with E-state index in [1.165, 1.54) is 12.8 Å². The SMILES string of the molecule is COc1ccccc1N1CCN(c2cnnc(N3CCC(C)CC3)n2)CC1. The van der Waals surface area contributed by atoms with Crippen molar-refractivity contribution in [1.82, 2.24) is 15.2 Å². The predicted molar refractivity (Wildman–Crippen MR) is 108 cm³/mol. The molecule has 4 rings (SSSR count). The second-order valence-electron chi connectivity index (χ2n) is 7.43. The highest BCUT2D eigenvalue weighted by molar-refractivity contribution is 5.59. The molecule has 2 aliphatic rings. The van der Waals surface area contributed by atoms with Crippen LogP contribution in [0.4, 0.5) is 17.5 Å². The first-order valence-corrected chi connectivity index (χ1v) is 9.82. The van der Waals surface area contributed by atoms with Gasteiger partial charge in [-0.1, -0.05) is 19.1 Å². The quantitative estimate of drug-likeness (QED) is 0.821. The van der Waals surface area contributed by atoms with Gasteiger partial charge in [-0.3, -0.25) is 0 Å². The summed E-state index contributed by atoms with van der Waals surface area (Å²) in [7, 11) is 1.73. The molecule has 2 fully saturated rings. The van der Waals surface area contributed by atoms with Crippen molar-refractivity contribution in [2.24, 2.45) is 5.92 Å². The topological polar surface area (TPSA) is 57.6 Å². The monoisotopic (exact) mass is 368 g/mol. The normalized spacial score (nSPS) is 18.7. The fraction of sp³-hybridized carbons (Fsp3) is 0.550. The number of benzene rings is 1. The van der Waals surface area contributed by atoms with Crippen molar-refractivity contribution in [3.05, 3.63) is 30.5 Å². The van der Waals surface area contributed by atoms with Gasteiger partial charge in [0.2, 0.25) is 5.95 Å². The van der Waals surface area contributed by atoms with Crippen molar-refractivity contribution < 1.29 is 4.74 Å². The van der Waals surface area contributed by atoms with Crippen LogP contribution in [0, 0.1) is 5.92 Å². The van der Waals surface area contributed by atoms with Crippen molar-refractivity contribution in [2.45, 2.75) is 19.8 Å². The third-order valence-electron chi connectivity index (χ3n) is 5.63. The molecule has 0 atom stereocenters. The Kier molecular flexibility index (Phi) is 5.27. The highest BCUT2D eigenvalue weighted by atomic mass is 16.5. The summed E-state index contributed by atoms with van der Waals surface area (Å²) in [6.45, 7) is 8.04. The predicted octanol–water partition coefficient (Wildman–Crippen LogP) is 2.44. The third kappa shape index (κ3) is 3.91. The number of ether oxygens (including phenoxy) is 1. The minimum Gasteiger partial charge on any atom is -0.495 e. The molecule has 0 amide bonds. The number of aromatic nitrogens is 3. The first-order chi connectivity index (χ1) is 13.2. The van der Waals surface area contributed by atoms with E-state index in [0.717, 1.165) is 68.4 Å². The molecule has 0 radical (unpaired) electrons. The Morgan fingerprint density at radius 1 is 0.926 bits per heavy atom. The van der Waals surface area contributed by atoms with E-state index in [2.05, 4.69) is 44.0 Å². The molecular formula is C20H28N6O. The van der Waals surface area contributed by atoms with E-state index in [4.69, 9.17) is 9.72 Å². The standard InChI is InChI=1S/C20H28N6O/c1-16-7-9-26(10-8-16)20-22-19(15-21-23-20)25-13-11-24(12-14-25)17-5-3-4-6-18(17)27-2/h3-6,15-16H,7-14H2,1-2H3. The van der Waals surface area contributed by atoms with Crippen molar-refractivity contribution in [3.63, 3.8) is 0 Å². The van der Waals surface area contributed by atoms with E-state index in [9.17, 15) is 0 Å². The average molecular weight is 368 g/mol. The summed E-state index contributed by atoms with van der Waals surface area (Å²) < 4.78 is 5.51. The average Bonchev–Trinajstić information content (AvgIpc) is 2.74. The van der Waals surface area contributed by atoms with E-state index >= 15 is 0 Å². The van der Waals surface area contributed by atoms with Crippen LogP contribution < -0.4 is 19.4 Å². The molecule has 0 spiro atoms. The van der Waals surface area contributed by atoms with E-state index in [1.807, 2.05) is 12.1 Å². The summed E-state index contributed by atoms with van der Waals surface area (Å²) in [6.07, 6.45) is 4.19. The van der Waals surface area contributed by atoms with E-state index < -0.39 is 0 Å². The lowest BCUT2D eigenvalue weighted by atomic mass is 10.00. The first-order valence-electron chi connectivity index (χ1n) is 9.82. The molecule has 7 nitrogen and oxygen atoms in total. The fourth-order valence-electron chi connectivity index (χ4n) is 3.85. The summed E-state index contributed by atoms with van der Waals surface area (Å²) in [5.41, 5.74) is 1.16. The molecule has 27 heavy (non-hydrogen) atoms. The zero-order chi connectivity index (χ0) is 18.6. The van der Waals surface area contributed by atoms with Crippen molar-refractivity contribution >= 4 is 17.5 Å². The lowest BCUT2D eigenvalue weighted by Crippen LogP contribution is -2.47. The Balaban J connectivity index is 1.42. The van der Waals surface area contributed by atoms with Crippen molar-refractivity contribution in [1.29, 1.82) is 0 Å². The molecule has 2 aliphatic heterocycles. The molecule has 0 unspecified atom stereocenters. The van der Waals surface area contributed by atoms with Gasteiger partial charge in [0.25, 0.3) is 0 Å². The third-order valence-corrected chi connectivity index (χ3v) is 5.63. The number of methoxy groups -OCH3 is 1. The van der Waals surface area contributed by atoms with Crippen LogP contribution in [-0.4, -0.2) is 61.6 Å². The highest BCUT2D eigenvalue weighted by Gasteiger charge is 2.23. The molecule has 0 aliphatic carbocycles. The Labute approximate surface area is 161 Å². The largest absolute Gasteiger partial charge is 0.495 e. The van der Waals surface area contributed by atoms with Gasteiger partial charge in [-0.25, -0.2) is 0 Å². The van der Waals surface area contributed by atoms with Crippen LogP contribution in [0.5, 0.6) is 5.75 Å². The van der Waals surface area contributed by atoms with E-state index in [1.54, 1.807) is 13.3 Å². The minimum atomic E-state index is 0.770. The maximum Gasteiger partial charge on any atom is 0.247 e. The fourth-order valence-corrected chi connectivity index (χ4v) is 3.85. The highest BCUT2D eigenvalue weighted by Crippen LogP contribution is 2.29. The van der Waals surface area contributed by atoms with Crippen LogP contribution >= 0.6 is 0 Å². The maximum absolute atomic E-state index is 5.51. The number of nitrogens with zero attached hydrogens (tertiary/aromatic N) is 6. The lowest BCUT2D eigenvalue weighted by Gasteiger charge is -2.37. The number of piperazine rings is 1. The maximum atomic E-state index is 5.51. The first kappa shape index (κ1) is 17.8. The number of hydrogen-bond acceptors (Lipinski definition) is 7. The molecule has 144 valence electrons. The van der Waals surface area contributed by atoms with Gasteiger partial charge in [0.05, 0.1) is 19.0 Å². The van der Waals surface area contributed by atoms with Gasteiger partial charge >= 0.3 is 0 Å². The summed E-state index contributed by atoms with van der Waals surface area (Å²) in [4.78, 5) is 11.8. The smallest absolute Gasteiger partial charge is 0.247 e. The Morgan fingerprint density at radius 3 is 2.37 bits per heavy atom. The molecule has 2 aromatic rings. The van der Waals surface area contributed by atoms with E-state index in [-0.39, 0.29) is 0 Å². The number of piperidine rings is 1. The van der Waals surface area contributed by atoms with Crippen LogP contribution in [0.1, 0.15) is 19.8 Å². The van der Waals surface area contributed by atoms with Crippen LogP contribution in [-0.2, 0) is 0 Å². The Bertz CT molecular complexity index is 754. The summed E-state index contributed by atoms with van der Waals surface area (Å²) >= 11 is 0. The number of hydrogen-bond donors (Lipinski definition) is 0. The zero-order valence-electron chi connectivity index (χ0n) is 16.2. The molecule has 0 N–H and O–H groups in total. The Morgan fingerprint density at radius 2 is 1.63 bits per heavy atom. The van der Waals surface area contributed by atoms with Crippen LogP contribution in [0.15, 0.2) is 30.5 Å². The molecule has 0 bridgehead atoms. The van der Waals surface area contributed by atoms with Gasteiger partial charge in [-0.05, 0) is 30.9 Å². The molecule has 2 saturated heterocycles. The van der Waals surface area contributed by atoms with Gasteiger partial charge < -0.3 is 19.4 Å². The Hall–Kier alpha value is -2.57. The van der Waals surface area contributed by atoms with Gasteiger partial charge in [0, 0.05) is 39.3 Å². The molecule has 7 heteroatoms. The zero-order valence-corrected chi connectivity index (χ0v) is 16.2. The van der Waals surface area contributed by atoms with Crippen LogP contribution in [0.3, 0.4) is 0 Å². The minimum absolute atomic E-state index is 0.770. The van der Waals surface area contributed by atoms with Gasteiger partial charge in [0.15, 0.2) is 5.82 Å². The lowest BCUT2D eigenvalue weighted by molar-refractivity contribution is 0.413. The number of anilines is 3. The second kappa shape index (κ2) is 7.98. The molecule has 1 aromatic carbocycles. The number of para-hydroxylation sites is 2. The van der Waals surface area contributed by atoms with Crippen molar-refractivity contribution in [3.8, 4) is 5.75 Å². The molecular weight excluding hydrogens is 340 g/mol. The van der Waals surface area contributed by atoms with Crippen LogP contribution in [0.2, 0.25) is 0 Å². The molecule has 3 heterocycles.